The maximum Gasteiger partial charge on any atom is 0.276 e. The molecule has 2 aromatic rings. The lowest BCUT2D eigenvalue weighted by atomic mass is 10.1. The highest BCUT2D eigenvalue weighted by Gasteiger charge is 2.30. The normalized spacial score (nSPS) is 14.3. The quantitative estimate of drug-likeness (QED) is 0.287. The Labute approximate surface area is 204 Å². The zero-order valence-corrected chi connectivity index (χ0v) is 20.4. The fourth-order valence-electron chi connectivity index (χ4n) is 3.35. The minimum absolute atomic E-state index is 0.167. The van der Waals surface area contributed by atoms with Crippen molar-refractivity contribution < 1.29 is 23.8 Å². The SMILES string of the molecule is CCOc1cc(/C=C2/NC(=S)N(CCCOC)C2=O)ccc1OCC(=O)Nc1ccccc1C. The van der Waals surface area contributed by atoms with Gasteiger partial charge in [0.25, 0.3) is 11.8 Å². The maximum atomic E-state index is 12.7. The molecule has 1 fully saturated rings. The van der Waals surface area contributed by atoms with Gasteiger partial charge in [-0.15, -0.1) is 0 Å². The lowest BCUT2D eigenvalue weighted by molar-refractivity contribution is -0.122. The topological polar surface area (TPSA) is 89.1 Å². The van der Waals surface area contributed by atoms with Crippen molar-refractivity contribution in [3.63, 3.8) is 0 Å². The molecule has 1 aliphatic heterocycles. The molecule has 3 rings (SSSR count). The van der Waals surface area contributed by atoms with Gasteiger partial charge in [0.2, 0.25) is 0 Å². The van der Waals surface area contributed by atoms with E-state index in [1.807, 2.05) is 38.1 Å². The molecule has 180 valence electrons. The molecule has 0 unspecified atom stereocenters. The van der Waals surface area contributed by atoms with Crippen molar-refractivity contribution >= 4 is 40.9 Å². The average molecular weight is 484 g/mol. The summed E-state index contributed by atoms with van der Waals surface area (Å²) in [5, 5.41) is 6.18. The van der Waals surface area contributed by atoms with E-state index in [4.69, 9.17) is 26.4 Å². The molecular weight excluding hydrogens is 454 g/mol. The van der Waals surface area contributed by atoms with E-state index in [9.17, 15) is 9.59 Å². The molecule has 1 saturated heterocycles. The second kappa shape index (κ2) is 12.2. The van der Waals surface area contributed by atoms with Crippen LogP contribution in [0, 0.1) is 6.92 Å². The monoisotopic (exact) mass is 483 g/mol. The third-order valence-electron chi connectivity index (χ3n) is 5.05. The van der Waals surface area contributed by atoms with Crippen LogP contribution in [0.4, 0.5) is 5.69 Å². The molecule has 2 aromatic carbocycles. The van der Waals surface area contributed by atoms with Crippen molar-refractivity contribution in [1.29, 1.82) is 0 Å². The van der Waals surface area contributed by atoms with Gasteiger partial charge in [0.05, 0.1) is 6.61 Å². The van der Waals surface area contributed by atoms with Crippen LogP contribution in [0.5, 0.6) is 11.5 Å². The molecule has 0 atom stereocenters. The van der Waals surface area contributed by atoms with E-state index in [2.05, 4.69) is 10.6 Å². The Kier molecular flexibility index (Phi) is 9.00. The van der Waals surface area contributed by atoms with Gasteiger partial charge in [0, 0.05) is 25.9 Å². The lowest BCUT2D eigenvalue weighted by Gasteiger charge is -2.13. The van der Waals surface area contributed by atoms with Gasteiger partial charge in [-0.05, 0) is 67.9 Å². The molecular formula is C25H29N3O5S. The smallest absolute Gasteiger partial charge is 0.276 e. The van der Waals surface area contributed by atoms with Gasteiger partial charge in [-0.2, -0.15) is 0 Å². The molecule has 0 saturated carbocycles. The Hall–Kier alpha value is -3.43. The molecule has 0 aliphatic carbocycles. The summed E-state index contributed by atoms with van der Waals surface area (Å²) in [5.74, 6) is 0.454. The first-order valence-corrected chi connectivity index (χ1v) is 11.4. The largest absolute Gasteiger partial charge is 0.490 e. The van der Waals surface area contributed by atoms with E-state index in [1.165, 1.54) is 4.90 Å². The highest BCUT2D eigenvalue weighted by molar-refractivity contribution is 7.80. The van der Waals surface area contributed by atoms with Crippen LogP contribution < -0.4 is 20.1 Å². The summed E-state index contributed by atoms with van der Waals surface area (Å²) in [5.41, 5.74) is 2.83. The molecule has 0 radical (unpaired) electrons. The number of rotatable bonds is 11. The number of hydrogen-bond donors (Lipinski definition) is 2. The van der Waals surface area contributed by atoms with Crippen LogP contribution in [0.1, 0.15) is 24.5 Å². The number of ether oxygens (including phenoxy) is 3. The van der Waals surface area contributed by atoms with Crippen molar-refractivity contribution in [2.45, 2.75) is 20.3 Å². The van der Waals surface area contributed by atoms with Crippen molar-refractivity contribution in [1.82, 2.24) is 10.2 Å². The maximum absolute atomic E-state index is 12.7. The lowest BCUT2D eigenvalue weighted by Crippen LogP contribution is -2.32. The Morgan fingerprint density at radius 1 is 1.18 bits per heavy atom. The fraction of sp³-hybridized carbons (Fsp3) is 0.320. The van der Waals surface area contributed by atoms with Crippen molar-refractivity contribution in [3.8, 4) is 11.5 Å². The van der Waals surface area contributed by atoms with Crippen LogP contribution in [0.25, 0.3) is 6.08 Å². The number of anilines is 1. The van der Waals surface area contributed by atoms with Crippen LogP contribution in [0.2, 0.25) is 0 Å². The van der Waals surface area contributed by atoms with Crippen molar-refractivity contribution in [3.05, 3.63) is 59.3 Å². The summed E-state index contributed by atoms with van der Waals surface area (Å²) in [6.07, 6.45) is 2.40. The van der Waals surface area contributed by atoms with E-state index in [0.717, 1.165) is 16.8 Å². The highest BCUT2D eigenvalue weighted by Crippen LogP contribution is 2.30. The number of benzene rings is 2. The average Bonchev–Trinajstić information content (AvgIpc) is 3.08. The summed E-state index contributed by atoms with van der Waals surface area (Å²) < 4.78 is 16.5. The number of nitrogens with zero attached hydrogens (tertiary/aromatic N) is 1. The van der Waals surface area contributed by atoms with E-state index >= 15 is 0 Å². The zero-order valence-electron chi connectivity index (χ0n) is 19.6. The molecule has 9 heteroatoms. The summed E-state index contributed by atoms with van der Waals surface area (Å²) in [4.78, 5) is 26.6. The number of para-hydroxylation sites is 1. The zero-order chi connectivity index (χ0) is 24.5. The van der Waals surface area contributed by atoms with Gasteiger partial charge in [-0.25, -0.2) is 0 Å². The second-order valence-corrected chi connectivity index (χ2v) is 7.97. The number of methoxy groups -OCH3 is 1. The number of nitrogens with one attached hydrogen (secondary N) is 2. The first-order valence-electron chi connectivity index (χ1n) is 11.0. The predicted molar refractivity (Wildman–Crippen MR) is 135 cm³/mol. The summed E-state index contributed by atoms with van der Waals surface area (Å²) >= 11 is 5.29. The van der Waals surface area contributed by atoms with Crippen LogP contribution in [0.3, 0.4) is 0 Å². The number of aryl methyl sites for hydroxylation is 1. The Morgan fingerprint density at radius 2 is 1.97 bits per heavy atom. The molecule has 2 amide bonds. The van der Waals surface area contributed by atoms with E-state index < -0.39 is 0 Å². The van der Waals surface area contributed by atoms with Crippen LogP contribution in [-0.4, -0.2) is 55.3 Å². The van der Waals surface area contributed by atoms with E-state index in [1.54, 1.807) is 31.4 Å². The Balaban J connectivity index is 1.68. The molecule has 1 heterocycles. The molecule has 1 aliphatic rings. The second-order valence-electron chi connectivity index (χ2n) is 7.58. The van der Waals surface area contributed by atoms with Gasteiger partial charge in [0.1, 0.15) is 5.70 Å². The molecule has 0 aromatic heterocycles. The fourth-order valence-corrected chi connectivity index (χ4v) is 3.64. The third-order valence-corrected chi connectivity index (χ3v) is 5.37. The molecule has 2 N–H and O–H groups in total. The Morgan fingerprint density at radius 3 is 2.71 bits per heavy atom. The highest BCUT2D eigenvalue weighted by atomic mass is 32.1. The number of amides is 2. The van der Waals surface area contributed by atoms with Crippen molar-refractivity contribution in [2.24, 2.45) is 0 Å². The molecule has 0 bridgehead atoms. The van der Waals surface area contributed by atoms with E-state index in [0.29, 0.717) is 48.5 Å². The molecule has 0 spiro atoms. The van der Waals surface area contributed by atoms with Crippen LogP contribution >= 0.6 is 12.2 Å². The van der Waals surface area contributed by atoms with Gasteiger partial charge in [-0.1, -0.05) is 24.3 Å². The number of hydrogen-bond acceptors (Lipinski definition) is 6. The standard InChI is InChI=1S/C25H29N3O5S/c1-4-32-22-15-18(14-20-24(30)28(25(34)27-20)12-7-13-31-3)10-11-21(22)33-16-23(29)26-19-9-6-5-8-17(19)2/h5-6,8-11,14-15H,4,7,12-13,16H2,1-3H3,(H,26,29)(H,27,34)/b20-14+. The number of carbonyl (C=O) groups excluding carboxylic acids is 2. The van der Waals surface area contributed by atoms with Crippen molar-refractivity contribution in [2.75, 3.05) is 38.8 Å². The first-order chi connectivity index (χ1) is 16.4. The van der Waals surface area contributed by atoms with Gasteiger partial charge >= 0.3 is 0 Å². The summed E-state index contributed by atoms with van der Waals surface area (Å²) in [6, 6.07) is 12.8. The molecule has 34 heavy (non-hydrogen) atoms. The van der Waals surface area contributed by atoms with Gasteiger partial charge in [0.15, 0.2) is 23.2 Å². The van der Waals surface area contributed by atoms with Crippen LogP contribution in [0.15, 0.2) is 48.2 Å². The number of thiocarbonyl (C=S) groups is 1. The van der Waals surface area contributed by atoms with Crippen LogP contribution in [-0.2, 0) is 14.3 Å². The molecule has 8 nitrogen and oxygen atoms in total. The minimum Gasteiger partial charge on any atom is -0.490 e. The minimum atomic E-state index is -0.272. The van der Waals surface area contributed by atoms with E-state index in [-0.39, 0.29) is 18.4 Å². The summed E-state index contributed by atoms with van der Waals surface area (Å²) in [6.45, 7) is 5.06. The first kappa shape index (κ1) is 25.2. The third kappa shape index (κ3) is 6.55. The van der Waals surface area contributed by atoms with Gasteiger partial charge < -0.3 is 24.8 Å². The van der Waals surface area contributed by atoms with Gasteiger partial charge in [-0.3, -0.25) is 14.5 Å². The predicted octanol–water partition coefficient (Wildman–Crippen LogP) is 3.51. The summed E-state index contributed by atoms with van der Waals surface area (Å²) in [7, 11) is 1.62. The Bertz CT molecular complexity index is 1090. The number of carbonyl (C=O) groups is 2.